The summed E-state index contributed by atoms with van der Waals surface area (Å²) in [6.07, 6.45) is 2.79. The first kappa shape index (κ1) is 18.9. The number of fused-ring (bicyclic) bond motifs is 5. The van der Waals surface area contributed by atoms with Crippen molar-refractivity contribution in [3.63, 3.8) is 0 Å². The zero-order valence-electron chi connectivity index (χ0n) is 17.4. The first-order valence-electron chi connectivity index (χ1n) is 10.3. The van der Waals surface area contributed by atoms with Gasteiger partial charge in [-0.1, -0.05) is 6.07 Å². The van der Waals surface area contributed by atoms with E-state index in [1.165, 1.54) is 0 Å². The maximum atomic E-state index is 13.2. The van der Waals surface area contributed by atoms with Crippen molar-refractivity contribution in [2.24, 2.45) is 5.92 Å². The lowest BCUT2D eigenvalue weighted by molar-refractivity contribution is 0.0580. The summed E-state index contributed by atoms with van der Waals surface area (Å²) in [6.45, 7) is 4.36. The molecule has 5 rings (SSSR count). The average molecular weight is 407 g/mol. The van der Waals surface area contributed by atoms with E-state index in [4.69, 9.17) is 0 Å². The smallest absolute Gasteiger partial charge is 0.292 e. The van der Waals surface area contributed by atoms with E-state index < -0.39 is 0 Å². The molecule has 9 heteroatoms. The minimum Gasteiger partial charge on any atom is -0.335 e. The molecule has 9 nitrogen and oxygen atoms in total. The van der Waals surface area contributed by atoms with E-state index in [1.807, 2.05) is 47.5 Å². The van der Waals surface area contributed by atoms with E-state index in [0.717, 1.165) is 23.4 Å². The average Bonchev–Trinajstić information content (AvgIpc) is 3.12. The molecule has 1 fully saturated rings. The summed E-state index contributed by atoms with van der Waals surface area (Å²) in [6, 6.07) is 5.84. The third kappa shape index (κ3) is 3.09. The normalized spacial score (nSPS) is 20.6. The minimum absolute atomic E-state index is 0.0978. The summed E-state index contributed by atoms with van der Waals surface area (Å²) in [5.74, 6) is 0.995. The van der Waals surface area contributed by atoms with E-state index in [1.54, 1.807) is 10.6 Å². The van der Waals surface area contributed by atoms with Gasteiger partial charge < -0.3 is 14.4 Å². The van der Waals surface area contributed by atoms with E-state index in [2.05, 4.69) is 21.2 Å². The van der Waals surface area contributed by atoms with Crippen LogP contribution in [0.5, 0.6) is 0 Å². The fourth-order valence-electron chi connectivity index (χ4n) is 4.78. The topological polar surface area (TPSA) is 88.6 Å². The van der Waals surface area contributed by atoms with Gasteiger partial charge in [0.25, 0.3) is 17.2 Å². The van der Waals surface area contributed by atoms with E-state index in [0.29, 0.717) is 32.0 Å². The minimum atomic E-state index is -0.136. The van der Waals surface area contributed by atoms with Crippen LogP contribution in [0, 0.1) is 12.8 Å². The van der Waals surface area contributed by atoms with Crippen LogP contribution >= 0.6 is 0 Å². The van der Waals surface area contributed by atoms with Crippen LogP contribution in [0.25, 0.3) is 5.78 Å². The van der Waals surface area contributed by atoms with Crippen LogP contribution in [0.1, 0.15) is 39.9 Å². The number of amides is 1. The largest absolute Gasteiger partial charge is 0.335 e. The van der Waals surface area contributed by atoms with Crippen molar-refractivity contribution in [3.05, 3.63) is 57.5 Å². The van der Waals surface area contributed by atoms with Gasteiger partial charge in [-0.3, -0.25) is 14.0 Å². The molecule has 30 heavy (non-hydrogen) atoms. The third-order valence-corrected chi connectivity index (χ3v) is 6.07. The second-order valence-electron chi connectivity index (χ2n) is 8.71. The first-order valence-corrected chi connectivity index (χ1v) is 10.3. The molecule has 3 aromatic heterocycles. The highest BCUT2D eigenvalue weighted by Crippen LogP contribution is 2.35. The lowest BCUT2D eigenvalue weighted by Gasteiger charge is -2.42. The second kappa shape index (κ2) is 7.02. The van der Waals surface area contributed by atoms with E-state index in [9.17, 15) is 9.59 Å². The molecule has 0 unspecified atom stereocenters. The number of carbonyl (C=O) groups excluding carboxylic acids is 1. The summed E-state index contributed by atoms with van der Waals surface area (Å²) in [7, 11) is 3.93. The number of hydrogen-bond donors (Lipinski definition) is 0. The SMILES string of the molecule is Cc1ccn2c(C(=O)N3C[C@@H]4C[C@H](C3)c3ccc(CN(C)C)c(=O)n3C4)nnc2n1. The van der Waals surface area contributed by atoms with Crippen molar-refractivity contribution in [3.8, 4) is 0 Å². The molecule has 0 aromatic carbocycles. The van der Waals surface area contributed by atoms with Gasteiger partial charge in [0, 0.05) is 55.2 Å². The van der Waals surface area contributed by atoms with Crippen molar-refractivity contribution in [2.75, 3.05) is 27.2 Å². The number of carbonyl (C=O) groups is 1. The summed E-state index contributed by atoms with van der Waals surface area (Å²) in [4.78, 5) is 34.4. The number of aromatic nitrogens is 5. The first-order chi connectivity index (χ1) is 14.4. The molecule has 0 spiro atoms. The maximum Gasteiger partial charge on any atom is 0.292 e. The van der Waals surface area contributed by atoms with Crippen LogP contribution in [-0.4, -0.2) is 67.0 Å². The Hall–Kier alpha value is -3.07. The molecule has 2 aliphatic rings. The Labute approximate surface area is 174 Å². The van der Waals surface area contributed by atoms with Crippen LogP contribution in [0.2, 0.25) is 0 Å². The summed E-state index contributed by atoms with van der Waals surface area (Å²) in [5.41, 5.74) is 2.77. The Morgan fingerprint density at radius 3 is 2.80 bits per heavy atom. The summed E-state index contributed by atoms with van der Waals surface area (Å²) in [5, 5.41) is 8.16. The van der Waals surface area contributed by atoms with Crippen molar-refractivity contribution < 1.29 is 4.79 Å². The molecule has 2 atom stereocenters. The highest BCUT2D eigenvalue weighted by atomic mass is 16.2. The highest BCUT2D eigenvalue weighted by molar-refractivity contribution is 5.91. The molecule has 1 saturated heterocycles. The predicted molar refractivity (Wildman–Crippen MR) is 110 cm³/mol. The van der Waals surface area contributed by atoms with Crippen LogP contribution in [0.3, 0.4) is 0 Å². The monoisotopic (exact) mass is 407 g/mol. The van der Waals surface area contributed by atoms with Gasteiger partial charge in [-0.25, -0.2) is 4.98 Å². The zero-order valence-corrected chi connectivity index (χ0v) is 17.4. The second-order valence-corrected chi connectivity index (χ2v) is 8.71. The van der Waals surface area contributed by atoms with Gasteiger partial charge in [-0.05, 0) is 45.5 Å². The van der Waals surface area contributed by atoms with Gasteiger partial charge >= 0.3 is 0 Å². The lowest BCUT2D eigenvalue weighted by Crippen LogP contribution is -2.49. The predicted octanol–water partition coefficient (Wildman–Crippen LogP) is 0.916. The highest BCUT2D eigenvalue weighted by Gasteiger charge is 2.38. The molecule has 2 bridgehead atoms. The Kier molecular flexibility index (Phi) is 4.43. The Balaban J connectivity index is 1.44. The number of aryl methyl sites for hydroxylation is 1. The quantitative estimate of drug-likeness (QED) is 0.641. The molecule has 1 amide bonds. The van der Waals surface area contributed by atoms with Gasteiger partial charge in [0.15, 0.2) is 0 Å². The molecular weight excluding hydrogens is 382 g/mol. The van der Waals surface area contributed by atoms with Gasteiger partial charge in [0.05, 0.1) is 0 Å². The van der Waals surface area contributed by atoms with Gasteiger partial charge in [-0.2, -0.15) is 0 Å². The molecular formula is C21H25N7O2. The molecule has 0 saturated carbocycles. The van der Waals surface area contributed by atoms with Crippen LogP contribution < -0.4 is 5.56 Å². The zero-order chi connectivity index (χ0) is 21.0. The Morgan fingerprint density at radius 1 is 1.17 bits per heavy atom. The number of likely N-dealkylation sites (tertiary alicyclic amines) is 1. The van der Waals surface area contributed by atoms with E-state index in [-0.39, 0.29) is 29.1 Å². The third-order valence-electron chi connectivity index (χ3n) is 6.07. The number of piperidine rings is 1. The van der Waals surface area contributed by atoms with Crippen molar-refractivity contribution in [2.45, 2.75) is 32.4 Å². The van der Waals surface area contributed by atoms with E-state index >= 15 is 0 Å². The van der Waals surface area contributed by atoms with Crippen LogP contribution in [-0.2, 0) is 13.1 Å². The molecule has 0 radical (unpaired) electrons. The molecule has 156 valence electrons. The molecule has 0 N–H and O–H groups in total. The van der Waals surface area contributed by atoms with Crippen molar-refractivity contribution in [1.82, 2.24) is 33.9 Å². The fraction of sp³-hybridized carbons (Fsp3) is 0.476. The van der Waals surface area contributed by atoms with Crippen LogP contribution in [0.4, 0.5) is 0 Å². The number of nitrogens with zero attached hydrogens (tertiary/aromatic N) is 7. The van der Waals surface area contributed by atoms with Crippen LogP contribution in [0.15, 0.2) is 29.2 Å². The molecule has 3 aromatic rings. The molecule has 5 heterocycles. The number of pyridine rings is 1. The summed E-state index contributed by atoms with van der Waals surface area (Å²) >= 11 is 0. The summed E-state index contributed by atoms with van der Waals surface area (Å²) < 4.78 is 3.57. The Morgan fingerprint density at radius 2 is 2.00 bits per heavy atom. The number of rotatable bonds is 3. The van der Waals surface area contributed by atoms with Gasteiger partial charge in [0.1, 0.15) is 0 Å². The number of hydrogen-bond acceptors (Lipinski definition) is 6. The fourth-order valence-corrected chi connectivity index (χ4v) is 4.78. The van der Waals surface area contributed by atoms with Crippen molar-refractivity contribution >= 4 is 11.7 Å². The standard InChI is InChI=1S/C21H25N7O2/c1-13-6-7-27-18(23-24-21(27)22-13)20(30)26-9-14-8-16(12-26)17-5-4-15(11-25(2)3)19(29)28(17)10-14/h4-7,14,16H,8-12H2,1-3H3/t14-,16+/m0/s1. The van der Waals surface area contributed by atoms with Gasteiger partial charge in [-0.15, -0.1) is 10.2 Å². The molecule has 2 aliphatic heterocycles. The Bertz CT molecular complexity index is 1200. The lowest BCUT2D eigenvalue weighted by atomic mass is 9.83. The van der Waals surface area contributed by atoms with Gasteiger partial charge in [0.2, 0.25) is 5.82 Å². The maximum absolute atomic E-state index is 13.2. The van der Waals surface area contributed by atoms with Crippen molar-refractivity contribution in [1.29, 1.82) is 0 Å². The molecule has 0 aliphatic carbocycles.